The third-order valence-electron chi connectivity index (χ3n) is 3.25. The Morgan fingerprint density at radius 1 is 1.39 bits per heavy atom. The summed E-state index contributed by atoms with van der Waals surface area (Å²) in [6.45, 7) is 3.01. The van der Waals surface area contributed by atoms with Gasteiger partial charge in [0.25, 0.3) is 0 Å². The lowest BCUT2D eigenvalue weighted by atomic mass is 9.76. The largest absolute Gasteiger partial charge is 0.398 e. The van der Waals surface area contributed by atoms with Gasteiger partial charge in [-0.05, 0) is 55.4 Å². The number of aliphatic hydroxyl groups is 1. The quantitative estimate of drug-likeness (QED) is 0.500. The molecule has 1 rings (SSSR count). The summed E-state index contributed by atoms with van der Waals surface area (Å²) in [4.78, 5) is 0. The van der Waals surface area contributed by atoms with E-state index in [0.717, 1.165) is 36.1 Å². The summed E-state index contributed by atoms with van der Waals surface area (Å²) in [5.74, 6) is -0.0842. The lowest BCUT2D eigenvalue weighted by Crippen LogP contribution is -2.20. The molecule has 0 heterocycles. The second-order valence-electron chi connectivity index (χ2n) is 4.56. The monoisotopic (exact) mass is 246 g/mol. The Bertz CT molecular complexity index is 382. The number of nitrogens with one attached hydrogen (secondary N) is 1. The molecule has 2 radical (unpaired) electrons. The Labute approximate surface area is 111 Å². The van der Waals surface area contributed by atoms with Crippen LogP contribution < -0.4 is 11.1 Å². The molecule has 0 fully saturated rings. The lowest BCUT2D eigenvalue weighted by molar-refractivity contribution is 0.288. The van der Waals surface area contributed by atoms with Crippen molar-refractivity contribution in [3.63, 3.8) is 0 Å². The van der Waals surface area contributed by atoms with Crippen molar-refractivity contribution in [1.82, 2.24) is 5.32 Å². The number of benzene rings is 1. The van der Waals surface area contributed by atoms with E-state index in [0.29, 0.717) is 6.54 Å². The van der Waals surface area contributed by atoms with Crippen LogP contribution in [0.5, 0.6) is 0 Å². The van der Waals surface area contributed by atoms with Crippen LogP contribution in [0.25, 0.3) is 0 Å². The molecule has 0 amide bonds. The van der Waals surface area contributed by atoms with Crippen LogP contribution in [0.15, 0.2) is 12.1 Å². The summed E-state index contributed by atoms with van der Waals surface area (Å²) < 4.78 is 0. The number of hydrogen-bond donors (Lipinski definition) is 3. The lowest BCUT2D eigenvalue weighted by Gasteiger charge is -2.21. The van der Waals surface area contributed by atoms with E-state index in [-0.39, 0.29) is 12.4 Å². The van der Waals surface area contributed by atoms with Gasteiger partial charge in [-0.15, -0.1) is 0 Å². The molecule has 0 aliphatic carbocycles. The van der Waals surface area contributed by atoms with Gasteiger partial charge in [0.05, 0.1) is 7.85 Å². The van der Waals surface area contributed by atoms with E-state index in [2.05, 4.69) is 24.4 Å². The maximum Gasteiger partial charge on any atom is 0.0782 e. The van der Waals surface area contributed by atoms with Crippen LogP contribution in [-0.2, 0) is 12.8 Å². The maximum absolute atomic E-state index is 8.91. The van der Waals surface area contributed by atoms with E-state index in [9.17, 15) is 0 Å². The van der Waals surface area contributed by atoms with E-state index in [1.165, 1.54) is 5.56 Å². The minimum atomic E-state index is -0.0842. The van der Waals surface area contributed by atoms with E-state index in [4.69, 9.17) is 18.7 Å². The van der Waals surface area contributed by atoms with E-state index >= 15 is 0 Å². The number of rotatable bonds is 7. The van der Waals surface area contributed by atoms with Crippen LogP contribution in [-0.4, -0.2) is 33.2 Å². The first kappa shape index (κ1) is 15.1. The first-order chi connectivity index (χ1) is 8.65. The van der Waals surface area contributed by atoms with Crippen molar-refractivity contribution in [3.8, 4) is 0 Å². The molecule has 4 heteroatoms. The first-order valence-electron chi connectivity index (χ1n) is 6.56. The van der Waals surface area contributed by atoms with Gasteiger partial charge in [0.1, 0.15) is 0 Å². The Morgan fingerprint density at radius 2 is 2.06 bits per heavy atom. The summed E-state index contributed by atoms with van der Waals surface area (Å²) in [6, 6.07) is 4.16. The van der Waals surface area contributed by atoms with Gasteiger partial charge in [-0.2, -0.15) is 0 Å². The predicted octanol–water partition coefficient (Wildman–Crippen LogP) is 1.19. The molecular weight excluding hydrogens is 223 g/mol. The van der Waals surface area contributed by atoms with Crippen molar-refractivity contribution in [2.75, 3.05) is 25.9 Å². The summed E-state index contributed by atoms with van der Waals surface area (Å²) in [5.41, 5.74) is 10.4. The highest BCUT2D eigenvalue weighted by Gasteiger charge is 2.15. The molecule has 0 aliphatic heterocycles. The Balaban J connectivity index is 3.09. The number of anilines is 1. The fourth-order valence-corrected chi connectivity index (χ4v) is 2.28. The molecular formula is C14H23BN2O. The Kier molecular flexibility index (Phi) is 6.23. The van der Waals surface area contributed by atoms with Crippen LogP contribution in [0.4, 0.5) is 5.69 Å². The second kappa shape index (κ2) is 7.44. The molecule has 0 aromatic heterocycles. The topological polar surface area (TPSA) is 58.3 Å². The smallest absolute Gasteiger partial charge is 0.0782 e. The normalized spacial score (nSPS) is 12.6. The van der Waals surface area contributed by atoms with Gasteiger partial charge in [0.15, 0.2) is 0 Å². The average Bonchev–Trinajstić information content (AvgIpc) is 2.37. The third-order valence-corrected chi connectivity index (χ3v) is 3.25. The van der Waals surface area contributed by atoms with Gasteiger partial charge >= 0.3 is 0 Å². The molecule has 98 valence electrons. The van der Waals surface area contributed by atoms with Gasteiger partial charge in [-0.1, -0.05) is 19.1 Å². The molecule has 0 bridgehead atoms. The van der Waals surface area contributed by atoms with Gasteiger partial charge in [0, 0.05) is 12.3 Å². The number of hydrogen-bond acceptors (Lipinski definition) is 3. The standard InChI is InChI=1S/C14H23BN2O/c1-3-10-6-7-11(5-4-8-18)14(16)13(10)12(15)9-17-2/h6-7,12,17-18H,3-5,8-9,16H2,1-2H3. The Hall–Kier alpha value is -0.995. The number of nitrogen functional groups attached to an aromatic ring is 1. The molecule has 18 heavy (non-hydrogen) atoms. The van der Waals surface area contributed by atoms with Crippen molar-refractivity contribution in [1.29, 1.82) is 0 Å². The van der Waals surface area contributed by atoms with Crippen LogP contribution >= 0.6 is 0 Å². The summed E-state index contributed by atoms with van der Waals surface area (Å²) in [7, 11) is 8.07. The van der Waals surface area contributed by atoms with Crippen LogP contribution in [0, 0.1) is 0 Å². The molecule has 3 nitrogen and oxygen atoms in total. The van der Waals surface area contributed by atoms with Crippen LogP contribution in [0.3, 0.4) is 0 Å². The molecule has 0 saturated heterocycles. The molecule has 0 aliphatic rings. The minimum Gasteiger partial charge on any atom is -0.398 e. The summed E-state index contributed by atoms with van der Waals surface area (Å²) in [6.07, 6.45) is 2.46. The molecule has 0 saturated carbocycles. The third kappa shape index (κ3) is 3.50. The Morgan fingerprint density at radius 3 is 2.61 bits per heavy atom. The van der Waals surface area contributed by atoms with Crippen LogP contribution in [0.1, 0.15) is 35.9 Å². The van der Waals surface area contributed by atoms with Crippen molar-refractivity contribution in [2.24, 2.45) is 0 Å². The highest BCUT2D eigenvalue weighted by atomic mass is 16.2. The highest BCUT2D eigenvalue weighted by molar-refractivity contribution is 6.13. The number of likely N-dealkylation sites (N-methyl/N-ethyl adjacent to an activating group) is 1. The van der Waals surface area contributed by atoms with Crippen LogP contribution in [0.2, 0.25) is 0 Å². The fourth-order valence-electron chi connectivity index (χ4n) is 2.28. The zero-order valence-corrected chi connectivity index (χ0v) is 11.4. The number of aliphatic hydroxyl groups excluding tert-OH is 1. The van der Waals surface area contributed by atoms with Crippen molar-refractivity contribution < 1.29 is 5.11 Å². The summed E-state index contributed by atoms with van der Waals surface area (Å²) >= 11 is 0. The molecule has 1 aromatic rings. The predicted molar refractivity (Wildman–Crippen MR) is 78.1 cm³/mol. The van der Waals surface area contributed by atoms with E-state index in [1.54, 1.807) is 0 Å². The van der Waals surface area contributed by atoms with Crippen molar-refractivity contribution in [3.05, 3.63) is 28.8 Å². The SMILES string of the molecule is [B]C(CNC)c1c(CC)ccc(CCCO)c1N. The zero-order valence-electron chi connectivity index (χ0n) is 11.4. The number of aryl methyl sites for hydroxylation is 2. The molecule has 0 spiro atoms. The van der Waals surface area contributed by atoms with Crippen molar-refractivity contribution in [2.45, 2.75) is 32.0 Å². The second-order valence-corrected chi connectivity index (χ2v) is 4.56. The van der Waals surface area contributed by atoms with Gasteiger partial charge in [-0.3, -0.25) is 0 Å². The molecule has 1 atom stereocenters. The number of nitrogens with two attached hydrogens (primary N) is 1. The average molecular weight is 246 g/mol. The molecule has 1 unspecified atom stereocenters. The van der Waals surface area contributed by atoms with Crippen molar-refractivity contribution >= 4 is 13.5 Å². The molecule has 1 aromatic carbocycles. The van der Waals surface area contributed by atoms with Gasteiger partial charge in [-0.25, -0.2) is 0 Å². The fraction of sp³-hybridized carbons (Fsp3) is 0.571. The maximum atomic E-state index is 8.91. The van der Waals surface area contributed by atoms with Gasteiger partial charge < -0.3 is 16.2 Å². The van der Waals surface area contributed by atoms with E-state index in [1.807, 2.05) is 7.05 Å². The zero-order chi connectivity index (χ0) is 13.5. The van der Waals surface area contributed by atoms with E-state index < -0.39 is 0 Å². The summed E-state index contributed by atoms with van der Waals surface area (Å²) in [5, 5.41) is 12.0. The molecule has 4 N–H and O–H groups in total. The highest BCUT2D eigenvalue weighted by Crippen LogP contribution is 2.29. The minimum absolute atomic E-state index is 0.0842. The van der Waals surface area contributed by atoms with Gasteiger partial charge in [0.2, 0.25) is 0 Å². The first-order valence-corrected chi connectivity index (χ1v) is 6.56.